The molecule has 4 unspecified atom stereocenters. The molecule has 0 spiro atoms. The van der Waals surface area contributed by atoms with Crippen molar-refractivity contribution in [2.75, 3.05) is 4.90 Å². The van der Waals surface area contributed by atoms with Crippen LogP contribution in [0.25, 0.3) is 0 Å². The van der Waals surface area contributed by atoms with Gasteiger partial charge in [-0.25, -0.2) is 0 Å². The number of anilines is 2. The molecule has 0 bridgehead atoms. The summed E-state index contributed by atoms with van der Waals surface area (Å²) in [6.45, 7) is 7.10. The molecule has 2 aromatic carbocycles. The molecule has 1 aliphatic rings. The van der Waals surface area contributed by atoms with E-state index in [9.17, 15) is 0 Å². The van der Waals surface area contributed by atoms with Crippen LogP contribution in [0.2, 0.25) is 0 Å². The summed E-state index contributed by atoms with van der Waals surface area (Å²) in [5.41, 5.74) is 2.48. The van der Waals surface area contributed by atoms with E-state index in [0.29, 0.717) is 17.9 Å². The first-order valence-electron chi connectivity index (χ1n) is 9.98. The van der Waals surface area contributed by atoms with Gasteiger partial charge in [-0.3, -0.25) is 0 Å². The van der Waals surface area contributed by atoms with Crippen LogP contribution in [0.4, 0.5) is 11.4 Å². The van der Waals surface area contributed by atoms with Gasteiger partial charge in [-0.05, 0) is 79.1 Å². The number of allylic oxidation sites excluding steroid dienone is 1. The Hall–Kier alpha value is -1.06. The fraction of sp³-hybridized carbons (Fsp3) is 0.417. The first-order valence-corrected chi connectivity index (χ1v) is 11.6. The average Bonchev–Trinajstić information content (AvgIpc) is 2.86. The maximum atomic E-state index is 3.57. The van der Waals surface area contributed by atoms with Crippen molar-refractivity contribution in [3.63, 3.8) is 0 Å². The van der Waals surface area contributed by atoms with Crippen molar-refractivity contribution in [1.82, 2.24) is 0 Å². The normalized spacial score (nSPS) is 23.7. The second kappa shape index (κ2) is 9.43. The molecule has 3 rings (SSSR count). The van der Waals surface area contributed by atoms with Crippen LogP contribution in [0.15, 0.2) is 69.6 Å². The minimum Gasteiger partial charge on any atom is -0.334 e. The van der Waals surface area contributed by atoms with Crippen molar-refractivity contribution < 1.29 is 0 Å². The molecule has 1 nitrogen and oxygen atoms in total. The van der Waals surface area contributed by atoms with Crippen LogP contribution >= 0.6 is 31.9 Å². The quantitative estimate of drug-likeness (QED) is 0.380. The van der Waals surface area contributed by atoms with E-state index in [4.69, 9.17) is 0 Å². The molecule has 0 amide bonds. The lowest BCUT2D eigenvalue weighted by Crippen LogP contribution is -2.34. The highest BCUT2D eigenvalue weighted by Crippen LogP contribution is 2.37. The number of nitrogens with zero attached hydrogens (tertiary/aromatic N) is 1. The highest BCUT2D eigenvalue weighted by molar-refractivity contribution is 9.10. The van der Waals surface area contributed by atoms with Crippen LogP contribution in [-0.4, -0.2) is 6.04 Å². The Kier molecular flexibility index (Phi) is 7.22. The van der Waals surface area contributed by atoms with E-state index in [1.165, 1.54) is 30.6 Å². The van der Waals surface area contributed by atoms with Crippen LogP contribution < -0.4 is 4.90 Å². The predicted octanol–water partition coefficient (Wildman–Crippen LogP) is 8.37. The summed E-state index contributed by atoms with van der Waals surface area (Å²) in [5, 5.41) is 0. The van der Waals surface area contributed by atoms with E-state index in [0.717, 1.165) is 14.9 Å². The predicted molar refractivity (Wildman–Crippen MR) is 125 cm³/mol. The number of halogens is 2. The Morgan fingerprint density at radius 2 is 1.41 bits per heavy atom. The summed E-state index contributed by atoms with van der Waals surface area (Å²) in [7, 11) is 0. The number of hydrogen-bond acceptors (Lipinski definition) is 1. The van der Waals surface area contributed by atoms with Gasteiger partial charge in [0.1, 0.15) is 0 Å². The molecule has 0 aromatic heterocycles. The van der Waals surface area contributed by atoms with E-state index in [2.05, 4.69) is 118 Å². The Balaban J connectivity index is 2.00. The molecule has 0 heterocycles. The molecular formula is C24H29Br2N. The Morgan fingerprint density at radius 1 is 0.889 bits per heavy atom. The SMILES string of the molecule is CCC(C)C1C=CC(N(c2ccc(Br)cc2)c2ccc(Br)cc2)C(C)CC1. The molecule has 0 aliphatic heterocycles. The largest absolute Gasteiger partial charge is 0.334 e. The monoisotopic (exact) mass is 489 g/mol. The lowest BCUT2D eigenvalue weighted by Gasteiger charge is -2.35. The van der Waals surface area contributed by atoms with Gasteiger partial charge in [-0.2, -0.15) is 0 Å². The third-order valence-corrected chi connectivity index (χ3v) is 7.03. The first-order chi connectivity index (χ1) is 13.0. The lowest BCUT2D eigenvalue weighted by molar-refractivity contribution is 0.360. The Labute approximate surface area is 181 Å². The van der Waals surface area contributed by atoms with E-state index < -0.39 is 0 Å². The first kappa shape index (κ1) is 20.7. The van der Waals surface area contributed by atoms with E-state index in [-0.39, 0.29) is 0 Å². The number of hydrogen-bond donors (Lipinski definition) is 0. The molecule has 0 saturated heterocycles. The van der Waals surface area contributed by atoms with Crippen molar-refractivity contribution in [2.24, 2.45) is 17.8 Å². The van der Waals surface area contributed by atoms with Gasteiger partial charge in [0.2, 0.25) is 0 Å². The fourth-order valence-corrected chi connectivity index (χ4v) is 4.51. The van der Waals surface area contributed by atoms with Crippen molar-refractivity contribution >= 4 is 43.2 Å². The fourth-order valence-electron chi connectivity index (χ4n) is 3.98. The van der Waals surface area contributed by atoms with Gasteiger partial charge < -0.3 is 4.90 Å². The smallest absolute Gasteiger partial charge is 0.0547 e. The lowest BCUT2D eigenvalue weighted by atomic mass is 9.87. The van der Waals surface area contributed by atoms with Gasteiger partial charge in [-0.1, -0.05) is 71.2 Å². The van der Waals surface area contributed by atoms with Crippen molar-refractivity contribution in [3.05, 3.63) is 69.6 Å². The molecular weight excluding hydrogens is 462 g/mol. The van der Waals surface area contributed by atoms with E-state index >= 15 is 0 Å². The van der Waals surface area contributed by atoms with Gasteiger partial charge in [0.05, 0.1) is 6.04 Å². The molecule has 0 saturated carbocycles. The summed E-state index contributed by atoms with van der Waals surface area (Å²) in [6, 6.07) is 17.7. The molecule has 4 atom stereocenters. The average molecular weight is 491 g/mol. The van der Waals surface area contributed by atoms with Gasteiger partial charge in [0.15, 0.2) is 0 Å². The summed E-state index contributed by atoms with van der Waals surface area (Å²) in [6.07, 6.45) is 8.76. The summed E-state index contributed by atoms with van der Waals surface area (Å²) < 4.78 is 2.23. The van der Waals surface area contributed by atoms with Gasteiger partial charge in [-0.15, -0.1) is 0 Å². The van der Waals surface area contributed by atoms with Crippen molar-refractivity contribution in [1.29, 1.82) is 0 Å². The molecule has 2 aromatic rings. The van der Waals surface area contributed by atoms with E-state index in [1.807, 2.05) is 0 Å². The van der Waals surface area contributed by atoms with E-state index in [1.54, 1.807) is 0 Å². The maximum Gasteiger partial charge on any atom is 0.0547 e. The minimum absolute atomic E-state index is 0.362. The van der Waals surface area contributed by atoms with Crippen molar-refractivity contribution in [2.45, 2.75) is 46.1 Å². The summed E-state index contributed by atoms with van der Waals surface area (Å²) in [4.78, 5) is 2.50. The molecule has 0 radical (unpaired) electrons. The highest BCUT2D eigenvalue weighted by Gasteiger charge is 2.28. The molecule has 0 fully saturated rings. The molecule has 27 heavy (non-hydrogen) atoms. The standard InChI is InChI=1S/C24H29Br2N/c1-4-17(2)19-6-5-18(3)24(16-7-19)27(22-12-8-20(25)9-13-22)23-14-10-21(26)11-15-23/h7-19,24H,4-6H2,1-3H3. The number of benzene rings is 2. The van der Waals surface area contributed by atoms with Crippen LogP contribution in [0.1, 0.15) is 40.0 Å². The Morgan fingerprint density at radius 3 is 1.89 bits per heavy atom. The van der Waals surface area contributed by atoms with Crippen LogP contribution in [0, 0.1) is 17.8 Å². The Bertz CT molecular complexity index is 705. The maximum absolute atomic E-state index is 3.57. The topological polar surface area (TPSA) is 3.24 Å². The molecule has 1 aliphatic carbocycles. The summed E-state index contributed by atoms with van der Waals surface area (Å²) >= 11 is 7.15. The third kappa shape index (κ3) is 5.06. The van der Waals surface area contributed by atoms with Crippen LogP contribution in [0.5, 0.6) is 0 Å². The van der Waals surface area contributed by atoms with Crippen LogP contribution in [-0.2, 0) is 0 Å². The second-order valence-corrected chi connectivity index (χ2v) is 9.63. The third-order valence-electron chi connectivity index (χ3n) is 5.98. The van der Waals surface area contributed by atoms with Gasteiger partial charge in [0.25, 0.3) is 0 Å². The van der Waals surface area contributed by atoms with Crippen LogP contribution in [0.3, 0.4) is 0 Å². The number of rotatable bonds is 5. The second-order valence-electron chi connectivity index (χ2n) is 7.80. The molecule has 0 N–H and O–H groups in total. The molecule has 144 valence electrons. The zero-order chi connectivity index (χ0) is 19.4. The zero-order valence-electron chi connectivity index (χ0n) is 16.4. The molecule has 3 heteroatoms. The van der Waals surface area contributed by atoms with Gasteiger partial charge in [0, 0.05) is 20.3 Å². The highest BCUT2D eigenvalue weighted by atomic mass is 79.9. The van der Waals surface area contributed by atoms with Gasteiger partial charge >= 0.3 is 0 Å². The minimum atomic E-state index is 0.362. The summed E-state index contributed by atoms with van der Waals surface area (Å²) in [5.74, 6) is 2.04. The van der Waals surface area contributed by atoms with Crippen molar-refractivity contribution in [3.8, 4) is 0 Å². The zero-order valence-corrected chi connectivity index (χ0v) is 19.6.